The molecule has 0 saturated carbocycles. The van der Waals surface area contributed by atoms with E-state index in [0.717, 1.165) is 40.7 Å². The van der Waals surface area contributed by atoms with Crippen molar-refractivity contribution in [3.05, 3.63) is 142 Å². The Hall–Kier alpha value is -4.22. The fourth-order valence-electron chi connectivity index (χ4n) is 5.92. The zero-order valence-corrected chi connectivity index (χ0v) is 23.8. The lowest BCUT2D eigenvalue weighted by Crippen LogP contribution is -2.46. The Balaban J connectivity index is 1.65. The van der Waals surface area contributed by atoms with Crippen LogP contribution >= 0.6 is 0 Å². The molecule has 1 aliphatic carbocycles. The predicted octanol–water partition coefficient (Wildman–Crippen LogP) is 7.50. The van der Waals surface area contributed by atoms with Crippen LogP contribution in [0.4, 0.5) is 0 Å². The summed E-state index contributed by atoms with van der Waals surface area (Å²) in [6.07, 6.45) is 0.354. The van der Waals surface area contributed by atoms with E-state index in [1.807, 2.05) is 43.3 Å². The number of carbonyl (C=O) groups excluding carboxylic acids is 2. The highest BCUT2D eigenvalue weighted by Crippen LogP contribution is 2.46. The lowest BCUT2D eigenvalue weighted by molar-refractivity contribution is -0.0532. The first kappa shape index (κ1) is 28.3. The van der Waals surface area contributed by atoms with Gasteiger partial charge in [-0.3, -0.25) is 0 Å². The summed E-state index contributed by atoms with van der Waals surface area (Å²) in [7, 11) is 0. The highest BCUT2D eigenvalue weighted by Gasteiger charge is 2.47. The van der Waals surface area contributed by atoms with Gasteiger partial charge in [0.2, 0.25) is 0 Å². The van der Waals surface area contributed by atoms with E-state index in [1.165, 1.54) is 0 Å². The van der Waals surface area contributed by atoms with Crippen LogP contribution in [0.1, 0.15) is 93.1 Å². The van der Waals surface area contributed by atoms with Crippen molar-refractivity contribution in [1.29, 1.82) is 0 Å². The average molecular weight is 548 g/mol. The number of fused-ring (bicyclic) bond motifs is 1. The number of rotatable bonds is 8. The molecule has 2 N–H and O–H groups in total. The minimum absolute atomic E-state index is 0.103. The Kier molecular flexibility index (Phi) is 8.65. The topological polar surface area (TPSA) is 78.6 Å². The molecule has 5 rings (SSSR count). The van der Waals surface area contributed by atoms with E-state index < -0.39 is 24.1 Å². The van der Waals surface area contributed by atoms with Crippen LogP contribution in [0.2, 0.25) is 0 Å². The van der Waals surface area contributed by atoms with Gasteiger partial charge in [-0.15, -0.1) is 0 Å². The lowest BCUT2D eigenvalue weighted by Gasteiger charge is -2.42. The molecule has 4 aromatic carbocycles. The Labute approximate surface area is 242 Å². The summed E-state index contributed by atoms with van der Waals surface area (Å²) in [5.41, 5.74) is 12.7. The number of hydrogen-bond donors (Lipinski definition) is 1. The van der Waals surface area contributed by atoms with E-state index in [0.29, 0.717) is 11.1 Å². The van der Waals surface area contributed by atoms with Crippen LogP contribution in [0.15, 0.2) is 103 Å². The molecule has 0 aromatic heterocycles. The fraction of sp³-hybridized carbons (Fsp3) is 0.278. The summed E-state index contributed by atoms with van der Waals surface area (Å²) in [6, 6.07) is 32.3. The number of nitrogens with two attached hydrogens (primary N) is 1. The first-order chi connectivity index (χ1) is 19.9. The summed E-state index contributed by atoms with van der Waals surface area (Å²) in [6.45, 7) is 6.21. The SMILES string of the molecule is CCCC(N)c1ccc(C)c(C2c3ccccc3C(C)C(OC(=O)c3ccccc3)C2OC(=O)c2ccccc2)c1. The standard InChI is InChI=1S/C36H37NO4/c1-4-13-31(37)27-21-20-23(2)30(22-27)32-29-19-12-11-18-28(29)24(3)33(40-35(38)25-14-7-5-8-15-25)34(32)41-36(39)26-16-9-6-10-17-26/h5-12,14-22,24,31-34H,4,13,37H2,1-3H3. The van der Waals surface area contributed by atoms with Gasteiger partial charge in [0.15, 0.2) is 6.10 Å². The van der Waals surface area contributed by atoms with Crippen molar-refractivity contribution in [3.8, 4) is 0 Å². The van der Waals surface area contributed by atoms with Crippen molar-refractivity contribution >= 4 is 11.9 Å². The monoisotopic (exact) mass is 547 g/mol. The maximum atomic E-state index is 13.6. The van der Waals surface area contributed by atoms with E-state index in [1.54, 1.807) is 36.4 Å². The Bertz CT molecular complexity index is 1500. The Morgan fingerprint density at radius 3 is 1.85 bits per heavy atom. The molecular weight excluding hydrogens is 510 g/mol. The molecule has 1 aliphatic rings. The van der Waals surface area contributed by atoms with Gasteiger partial charge in [-0.2, -0.15) is 0 Å². The summed E-state index contributed by atoms with van der Waals surface area (Å²) >= 11 is 0. The number of hydrogen-bond acceptors (Lipinski definition) is 5. The molecule has 0 saturated heterocycles. The molecule has 0 amide bonds. The molecule has 0 bridgehead atoms. The fourth-order valence-corrected chi connectivity index (χ4v) is 5.92. The van der Waals surface area contributed by atoms with E-state index in [-0.39, 0.29) is 17.9 Å². The van der Waals surface area contributed by atoms with Gasteiger partial charge >= 0.3 is 11.9 Å². The van der Waals surface area contributed by atoms with Crippen LogP contribution in [0.25, 0.3) is 0 Å². The number of benzene rings is 4. The molecule has 41 heavy (non-hydrogen) atoms. The second kappa shape index (κ2) is 12.5. The number of carbonyl (C=O) groups is 2. The summed E-state index contributed by atoms with van der Waals surface area (Å²) in [5.74, 6) is -1.48. The van der Waals surface area contributed by atoms with Gasteiger partial charge in [0.05, 0.1) is 17.0 Å². The second-order valence-corrected chi connectivity index (χ2v) is 10.9. The van der Waals surface area contributed by atoms with Crippen LogP contribution in [0.3, 0.4) is 0 Å². The Morgan fingerprint density at radius 1 is 0.732 bits per heavy atom. The lowest BCUT2D eigenvalue weighted by atomic mass is 9.70. The molecule has 4 aromatic rings. The average Bonchev–Trinajstić information content (AvgIpc) is 3.00. The van der Waals surface area contributed by atoms with Crippen LogP contribution in [-0.4, -0.2) is 24.1 Å². The minimum Gasteiger partial charge on any atom is -0.454 e. The van der Waals surface area contributed by atoms with Gasteiger partial charge in [-0.05, 0) is 65.4 Å². The zero-order valence-electron chi connectivity index (χ0n) is 23.8. The van der Waals surface area contributed by atoms with Gasteiger partial charge in [0.1, 0.15) is 6.10 Å². The van der Waals surface area contributed by atoms with Gasteiger partial charge < -0.3 is 15.2 Å². The zero-order chi connectivity index (χ0) is 28.9. The quantitative estimate of drug-likeness (QED) is 0.231. The maximum absolute atomic E-state index is 13.6. The van der Waals surface area contributed by atoms with Gasteiger partial charge in [-0.1, -0.05) is 99.1 Å². The van der Waals surface area contributed by atoms with Gasteiger partial charge in [0.25, 0.3) is 0 Å². The van der Waals surface area contributed by atoms with E-state index >= 15 is 0 Å². The Morgan fingerprint density at radius 2 is 1.27 bits per heavy atom. The highest BCUT2D eigenvalue weighted by atomic mass is 16.6. The molecule has 5 heteroatoms. The van der Waals surface area contributed by atoms with Crippen LogP contribution in [0, 0.1) is 6.92 Å². The molecule has 5 atom stereocenters. The maximum Gasteiger partial charge on any atom is 0.338 e. The van der Waals surface area contributed by atoms with E-state index in [9.17, 15) is 9.59 Å². The third-order valence-corrected chi connectivity index (χ3v) is 8.14. The molecule has 5 unspecified atom stereocenters. The van der Waals surface area contributed by atoms with Gasteiger partial charge in [0, 0.05) is 12.0 Å². The molecule has 0 heterocycles. The number of ether oxygens (including phenoxy) is 2. The van der Waals surface area contributed by atoms with E-state index in [4.69, 9.17) is 15.2 Å². The van der Waals surface area contributed by atoms with Crippen LogP contribution in [-0.2, 0) is 9.47 Å². The minimum atomic E-state index is -0.767. The number of esters is 2. The second-order valence-electron chi connectivity index (χ2n) is 10.9. The molecule has 210 valence electrons. The smallest absolute Gasteiger partial charge is 0.338 e. The van der Waals surface area contributed by atoms with Crippen molar-refractivity contribution in [3.63, 3.8) is 0 Å². The van der Waals surface area contributed by atoms with Crippen molar-refractivity contribution < 1.29 is 19.1 Å². The molecule has 0 radical (unpaired) electrons. The summed E-state index contributed by atoms with van der Waals surface area (Å²) < 4.78 is 12.6. The van der Waals surface area contributed by atoms with Crippen molar-refractivity contribution in [2.45, 2.75) is 63.7 Å². The van der Waals surface area contributed by atoms with Crippen LogP contribution < -0.4 is 5.73 Å². The van der Waals surface area contributed by atoms with Crippen LogP contribution in [0.5, 0.6) is 0 Å². The van der Waals surface area contributed by atoms with Crippen molar-refractivity contribution in [1.82, 2.24) is 0 Å². The van der Waals surface area contributed by atoms with Gasteiger partial charge in [-0.25, -0.2) is 9.59 Å². The third-order valence-electron chi connectivity index (χ3n) is 8.14. The van der Waals surface area contributed by atoms with Crippen molar-refractivity contribution in [2.24, 2.45) is 5.73 Å². The number of aryl methyl sites for hydroxylation is 1. The molecule has 0 fully saturated rings. The summed E-state index contributed by atoms with van der Waals surface area (Å²) in [5, 5.41) is 0. The first-order valence-corrected chi connectivity index (χ1v) is 14.4. The normalized spacial score (nSPS) is 20.5. The first-order valence-electron chi connectivity index (χ1n) is 14.4. The molecule has 5 nitrogen and oxygen atoms in total. The third kappa shape index (κ3) is 5.96. The highest BCUT2D eigenvalue weighted by molar-refractivity contribution is 5.90. The largest absolute Gasteiger partial charge is 0.454 e. The molecular formula is C36H37NO4. The van der Waals surface area contributed by atoms with E-state index in [2.05, 4.69) is 44.2 Å². The predicted molar refractivity (Wildman–Crippen MR) is 161 cm³/mol. The molecule has 0 spiro atoms. The van der Waals surface area contributed by atoms with Crippen molar-refractivity contribution in [2.75, 3.05) is 0 Å². The molecule has 0 aliphatic heterocycles. The summed E-state index contributed by atoms with van der Waals surface area (Å²) in [4.78, 5) is 27.0.